The Morgan fingerprint density at radius 3 is 2.64 bits per heavy atom. The average molecular weight is 377 g/mol. The second-order valence-corrected chi connectivity index (χ2v) is 7.76. The topological polar surface area (TPSA) is 98.2 Å². The lowest BCUT2D eigenvalue weighted by Gasteiger charge is -2.07. The summed E-state index contributed by atoms with van der Waals surface area (Å²) in [6, 6.07) is 11.9. The summed E-state index contributed by atoms with van der Waals surface area (Å²) in [5.74, 6) is -0.501. The predicted octanol–water partition coefficient (Wildman–Crippen LogP) is 1.79. The summed E-state index contributed by atoms with van der Waals surface area (Å²) in [6.07, 6.45) is 0. The van der Waals surface area contributed by atoms with Crippen molar-refractivity contribution in [1.29, 1.82) is 0 Å². The van der Waals surface area contributed by atoms with E-state index >= 15 is 0 Å². The van der Waals surface area contributed by atoms with E-state index in [1.165, 1.54) is 6.07 Å². The first-order valence-electron chi connectivity index (χ1n) is 7.33. The number of methoxy groups -OCH3 is 1. The zero-order valence-electron chi connectivity index (χ0n) is 13.3. The van der Waals surface area contributed by atoms with Crippen molar-refractivity contribution in [3.05, 3.63) is 48.0 Å². The second kappa shape index (κ2) is 7.16. The molecule has 130 valence electrons. The van der Waals surface area contributed by atoms with Gasteiger partial charge >= 0.3 is 0 Å². The van der Waals surface area contributed by atoms with Crippen LogP contribution in [-0.2, 0) is 21.2 Å². The molecule has 0 aliphatic heterocycles. The van der Waals surface area contributed by atoms with Crippen LogP contribution in [0.2, 0.25) is 0 Å². The largest absolute Gasteiger partial charge is 0.497 e. The maximum atomic E-state index is 12.5. The first-order chi connectivity index (χ1) is 12.0. The number of aromatic nitrogens is 2. The van der Waals surface area contributed by atoms with Gasteiger partial charge in [0.05, 0.1) is 23.7 Å². The number of hydrogen-bond acceptors (Lipinski definition) is 7. The number of carbonyl (C=O) groups excluding carboxylic acids is 1. The lowest BCUT2D eigenvalue weighted by molar-refractivity contribution is -0.118. The molecule has 0 saturated heterocycles. The van der Waals surface area contributed by atoms with E-state index in [1.54, 1.807) is 43.5 Å². The molecule has 0 aliphatic rings. The summed E-state index contributed by atoms with van der Waals surface area (Å²) < 4.78 is 38.1. The molecule has 0 atom stereocenters. The Hall–Kier alpha value is -2.52. The van der Waals surface area contributed by atoms with Crippen LogP contribution < -0.4 is 10.1 Å². The van der Waals surface area contributed by atoms with Crippen LogP contribution in [0.1, 0.15) is 5.56 Å². The minimum Gasteiger partial charge on any atom is -0.497 e. The fraction of sp³-hybridized carbons (Fsp3) is 0.188. The molecule has 0 aliphatic carbocycles. The molecule has 7 nitrogen and oxygen atoms in total. The summed E-state index contributed by atoms with van der Waals surface area (Å²) >= 11 is 0.937. The second-order valence-electron chi connectivity index (χ2n) is 5.27. The van der Waals surface area contributed by atoms with Gasteiger partial charge in [0.2, 0.25) is 5.91 Å². The van der Waals surface area contributed by atoms with Crippen molar-refractivity contribution in [2.75, 3.05) is 12.9 Å². The Kier molecular flexibility index (Phi) is 4.95. The quantitative estimate of drug-likeness (QED) is 0.703. The highest BCUT2D eigenvalue weighted by atomic mass is 32.2. The Bertz CT molecular complexity index is 998. The Balaban J connectivity index is 1.68. The van der Waals surface area contributed by atoms with Crippen LogP contribution in [0.15, 0.2) is 47.4 Å². The molecule has 1 N–H and O–H groups in total. The number of benzene rings is 2. The monoisotopic (exact) mass is 377 g/mol. The highest BCUT2D eigenvalue weighted by Gasteiger charge is 2.23. The molecule has 1 aromatic heterocycles. The van der Waals surface area contributed by atoms with Gasteiger partial charge in [0, 0.05) is 6.54 Å². The molecule has 0 saturated carbocycles. The molecule has 1 heterocycles. The van der Waals surface area contributed by atoms with Gasteiger partial charge in [0.15, 0.2) is 9.84 Å². The fourth-order valence-corrected chi connectivity index (χ4v) is 4.22. The van der Waals surface area contributed by atoms with Crippen molar-refractivity contribution in [1.82, 2.24) is 14.1 Å². The molecule has 0 spiro atoms. The lowest BCUT2D eigenvalue weighted by atomic mass is 10.2. The third-order valence-corrected chi connectivity index (χ3v) is 5.74. The Labute approximate surface area is 148 Å². The number of rotatable bonds is 6. The van der Waals surface area contributed by atoms with Gasteiger partial charge in [-0.2, -0.15) is 8.75 Å². The van der Waals surface area contributed by atoms with E-state index in [2.05, 4.69) is 14.1 Å². The van der Waals surface area contributed by atoms with Crippen LogP contribution in [0.3, 0.4) is 0 Å². The normalized spacial score (nSPS) is 11.4. The maximum Gasteiger partial charge on any atom is 0.235 e. The van der Waals surface area contributed by atoms with Crippen molar-refractivity contribution in [2.45, 2.75) is 11.4 Å². The van der Waals surface area contributed by atoms with Crippen molar-refractivity contribution in [2.24, 2.45) is 0 Å². The highest BCUT2D eigenvalue weighted by molar-refractivity contribution is 7.92. The number of ether oxygens (including phenoxy) is 1. The number of amides is 1. The van der Waals surface area contributed by atoms with E-state index in [1.807, 2.05) is 0 Å². The number of carbonyl (C=O) groups is 1. The van der Waals surface area contributed by atoms with Crippen LogP contribution >= 0.6 is 11.7 Å². The summed E-state index contributed by atoms with van der Waals surface area (Å²) in [7, 11) is -2.23. The van der Waals surface area contributed by atoms with E-state index in [9.17, 15) is 13.2 Å². The van der Waals surface area contributed by atoms with Crippen molar-refractivity contribution < 1.29 is 17.9 Å². The number of nitrogens with zero attached hydrogens (tertiary/aromatic N) is 2. The minimum atomic E-state index is -3.80. The zero-order valence-corrected chi connectivity index (χ0v) is 14.9. The SMILES string of the molecule is COc1ccc(CNC(=O)CS(=O)(=O)c2cccc3nsnc23)cc1. The standard InChI is InChI=1S/C16H15N3O4S2/c1-23-12-7-5-11(6-8-12)9-17-15(20)10-25(21,22)14-4-2-3-13-16(14)19-24-18-13/h2-8H,9-10H2,1H3,(H,17,20). The molecule has 9 heteroatoms. The Morgan fingerprint density at radius 2 is 1.92 bits per heavy atom. The van der Waals surface area contributed by atoms with Gasteiger partial charge < -0.3 is 10.1 Å². The van der Waals surface area contributed by atoms with Gasteiger partial charge in [-0.1, -0.05) is 18.2 Å². The van der Waals surface area contributed by atoms with Gasteiger partial charge in [-0.3, -0.25) is 4.79 Å². The van der Waals surface area contributed by atoms with Crippen LogP contribution in [0, 0.1) is 0 Å². The third kappa shape index (κ3) is 3.94. The number of sulfone groups is 1. The molecule has 0 bridgehead atoms. The summed E-state index contributed by atoms with van der Waals surface area (Å²) in [5.41, 5.74) is 1.65. The molecular weight excluding hydrogens is 362 g/mol. The summed E-state index contributed by atoms with van der Waals surface area (Å²) in [6.45, 7) is 0.237. The average Bonchev–Trinajstić information content (AvgIpc) is 3.08. The first kappa shape index (κ1) is 17.3. The van der Waals surface area contributed by atoms with Gasteiger partial charge in [0.1, 0.15) is 22.5 Å². The molecule has 3 aromatic rings. The predicted molar refractivity (Wildman–Crippen MR) is 94.3 cm³/mol. The van der Waals surface area contributed by atoms with Gasteiger partial charge in [0.25, 0.3) is 0 Å². The molecule has 3 rings (SSSR count). The number of nitrogens with one attached hydrogen (secondary N) is 1. The maximum absolute atomic E-state index is 12.5. The van der Waals surface area contributed by atoms with E-state index in [4.69, 9.17) is 4.74 Å². The fourth-order valence-electron chi connectivity index (χ4n) is 2.28. The summed E-state index contributed by atoms with van der Waals surface area (Å²) in [5, 5.41) is 2.61. The van der Waals surface area contributed by atoms with E-state index in [0.717, 1.165) is 17.3 Å². The molecule has 1 amide bonds. The minimum absolute atomic E-state index is 0.0262. The van der Waals surface area contributed by atoms with Crippen molar-refractivity contribution in [3.8, 4) is 5.75 Å². The third-order valence-electron chi connectivity index (χ3n) is 3.55. The first-order valence-corrected chi connectivity index (χ1v) is 9.71. The van der Waals surface area contributed by atoms with Crippen LogP contribution in [0.5, 0.6) is 5.75 Å². The van der Waals surface area contributed by atoms with Crippen molar-refractivity contribution >= 4 is 38.5 Å². The van der Waals surface area contributed by atoms with Crippen molar-refractivity contribution in [3.63, 3.8) is 0 Å². The molecule has 25 heavy (non-hydrogen) atoms. The molecule has 0 fully saturated rings. The summed E-state index contributed by atoms with van der Waals surface area (Å²) in [4.78, 5) is 12.1. The molecule has 2 aromatic carbocycles. The Morgan fingerprint density at radius 1 is 1.16 bits per heavy atom. The van der Waals surface area contributed by atoms with E-state index in [-0.39, 0.29) is 11.4 Å². The number of fused-ring (bicyclic) bond motifs is 1. The van der Waals surface area contributed by atoms with Crippen LogP contribution in [-0.4, -0.2) is 35.9 Å². The molecular formula is C16H15N3O4S2. The number of hydrogen-bond donors (Lipinski definition) is 1. The van der Waals surface area contributed by atoms with E-state index in [0.29, 0.717) is 16.8 Å². The molecule has 0 radical (unpaired) electrons. The van der Waals surface area contributed by atoms with Crippen LogP contribution in [0.4, 0.5) is 0 Å². The molecule has 0 unspecified atom stereocenters. The van der Waals surface area contributed by atoms with Gasteiger partial charge in [-0.05, 0) is 29.8 Å². The highest BCUT2D eigenvalue weighted by Crippen LogP contribution is 2.22. The van der Waals surface area contributed by atoms with E-state index < -0.39 is 21.5 Å². The zero-order chi connectivity index (χ0) is 17.9. The van der Waals surface area contributed by atoms with Gasteiger partial charge in [-0.15, -0.1) is 0 Å². The van der Waals surface area contributed by atoms with Crippen LogP contribution in [0.25, 0.3) is 11.0 Å². The van der Waals surface area contributed by atoms with Gasteiger partial charge in [-0.25, -0.2) is 8.42 Å². The lowest BCUT2D eigenvalue weighted by Crippen LogP contribution is -2.30. The smallest absolute Gasteiger partial charge is 0.235 e.